The molecule has 0 spiro atoms. The lowest BCUT2D eigenvalue weighted by molar-refractivity contribution is 0.112. The van der Waals surface area contributed by atoms with Gasteiger partial charge in [0.05, 0.1) is 11.6 Å². The summed E-state index contributed by atoms with van der Waals surface area (Å²) in [5.74, 6) is 0. The Morgan fingerprint density at radius 1 is 0.773 bits per heavy atom. The minimum Gasteiger partial charge on any atom is -0.298 e. The lowest BCUT2D eigenvalue weighted by Crippen LogP contribution is -1.89. The van der Waals surface area contributed by atoms with Gasteiger partial charge < -0.3 is 0 Å². The molecule has 0 N–H and O–H groups in total. The monoisotopic (exact) mass is 283 g/mol. The molecule has 0 aromatic heterocycles. The van der Waals surface area contributed by atoms with Crippen LogP contribution in [0, 0.1) is 11.3 Å². The summed E-state index contributed by atoms with van der Waals surface area (Å²) >= 11 is 0. The summed E-state index contributed by atoms with van der Waals surface area (Å²) in [4.78, 5) is 11.0. The van der Waals surface area contributed by atoms with Gasteiger partial charge in [0.15, 0.2) is 0 Å². The minimum atomic E-state index is 0.566. The molecule has 0 aliphatic heterocycles. The molecule has 0 radical (unpaired) electrons. The number of nitriles is 1. The fourth-order valence-electron chi connectivity index (χ4n) is 2.47. The smallest absolute Gasteiger partial charge is 0.150 e. The second kappa shape index (κ2) is 6.07. The van der Waals surface area contributed by atoms with Crippen LogP contribution in [0.2, 0.25) is 0 Å². The third kappa shape index (κ3) is 2.65. The summed E-state index contributed by atoms with van der Waals surface area (Å²) in [6.45, 7) is 0. The zero-order valence-corrected chi connectivity index (χ0v) is 11.9. The summed E-state index contributed by atoms with van der Waals surface area (Å²) in [6.07, 6.45) is 0.797. The zero-order chi connectivity index (χ0) is 15.4. The van der Waals surface area contributed by atoms with E-state index in [9.17, 15) is 10.1 Å². The Balaban J connectivity index is 2.14. The van der Waals surface area contributed by atoms with E-state index in [1.165, 1.54) is 0 Å². The van der Waals surface area contributed by atoms with Crippen LogP contribution in [0.15, 0.2) is 72.8 Å². The first-order chi connectivity index (χ1) is 10.8. The fraction of sp³-hybridized carbons (Fsp3) is 0. The Bertz CT molecular complexity index is 860. The predicted octanol–water partition coefficient (Wildman–Crippen LogP) is 4.70. The second-order valence-corrected chi connectivity index (χ2v) is 4.98. The van der Waals surface area contributed by atoms with Crippen LogP contribution in [-0.2, 0) is 0 Å². The highest BCUT2D eigenvalue weighted by atomic mass is 16.1. The van der Waals surface area contributed by atoms with Gasteiger partial charge in [0.2, 0.25) is 0 Å². The number of carbonyl (C=O) groups excluding carboxylic acids is 1. The van der Waals surface area contributed by atoms with Gasteiger partial charge >= 0.3 is 0 Å². The quantitative estimate of drug-likeness (QED) is 0.653. The average molecular weight is 283 g/mol. The van der Waals surface area contributed by atoms with Crippen molar-refractivity contribution >= 4 is 6.29 Å². The van der Waals surface area contributed by atoms with E-state index in [0.29, 0.717) is 11.1 Å². The molecule has 0 saturated carbocycles. The molecule has 0 bridgehead atoms. The summed E-state index contributed by atoms with van der Waals surface area (Å²) in [6, 6.07) is 25.4. The maximum Gasteiger partial charge on any atom is 0.150 e. The topological polar surface area (TPSA) is 40.9 Å². The molecule has 22 heavy (non-hydrogen) atoms. The molecule has 0 unspecified atom stereocenters. The molecule has 0 aliphatic carbocycles. The number of rotatable bonds is 3. The van der Waals surface area contributed by atoms with Crippen molar-refractivity contribution in [3.05, 3.63) is 83.9 Å². The first-order valence-electron chi connectivity index (χ1n) is 6.97. The number of nitrogens with zero attached hydrogens (tertiary/aromatic N) is 1. The number of carbonyl (C=O) groups is 1. The van der Waals surface area contributed by atoms with Crippen molar-refractivity contribution in [3.8, 4) is 28.3 Å². The number of hydrogen-bond acceptors (Lipinski definition) is 2. The largest absolute Gasteiger partial charge is 0.298 e. The molecule has 0 atom stereocenters. The van der Waals surface area contributed by atoms with E-state index >= 15 is 0 Å². The first kappa shape index (κ1) is 13.8. The van der Waals surface area contributed by atoms with Gasteiger partial charge in [-0.05, 0) is 34.9 Å². The van der Waals surface area contributed by atoms with Crippen molar-refractivity contribution in [2.24, 2.45) is 0 Å². The van der Waals surface area contributed by atoms with Gasteiger partial charge in [0.1, 0.15) is 6.29 Å². The van der Waals surface area contributed by atoms with Gasteiger partial charge in [-0.25, -0.2) is 0 Å². The first-order valence-corrected chi connectivity index (χ1v) is 6.97. The lowest BCUT2D eigenvalue weighted by Gasteiger charge is -2.08. The molecule has 2 heteroatoms. The van der Waals surface area contributed by atoms with Crippen LogP contribution in [-0.4, -0.2) is 6.29 Å². The van der Waals surface area contributed by atoms with Gasteiger partial charge in [-0.2, -0.15) is 5.26 Å². The van der Waals surface area contributed by atoms with Crippen molar-refractivity contribution < 1.29 is 4.79 Å². The van der Waals surface area contributed by atoms with Crippen LogP contribution in [0.25, 0.3) is 22.3 Å². The highest BCUT2D eigenvalue weighted by Gasteiger charge is 2.07. The molecule has 104 valence electrons. The van der Waals surface area contributed by atoms with E-state index in [0.717, 1.165) is 28.5 Å². The number of aldehydes is 1. The summed E-state index contributed by atoms with van der Waals surface area (Å²) in [7, 11) is 0. The predicted molar refractivity (Wildman–Crippen MR) is 87.4 cm³/mol. The van der Waals surface area contributed by atoms with E-state index in [1.807, 2.05) is 54.6 Å². The van der Waals surface area contributed by atoms with Gasteiger partial charge in [0, 0.05) is 11.1 Å². The maximum atomic E-state index is 11.0. The molecule has 3 aromatic carbocycles. The molecule has 3 aromatic rings. The summed E-state index contributed by atoms with van der Waals surface area (Å²) in [5, 5.41) is 9.29. The third-order valence-electron chi connectivity index (χ3n) is 3.58. The Morgan fingerprint density at radius 2 is 1.50 bits per heavy atom. The zero-order valence-electron chi connectivity index (χ0n) is 11.9. The molecule has 2 nitrogen and oxygen atoms in total. The molecular weight excluding hydrogens is 270 g/mol. The van der Waals surface area contributed by atoms with Crippen LogP contribution in [0.4, 0.5) is 0 Å². The van der Waals surface area contributed by atoms with Gasteiger partial charge in [-0.1, -0.05) is 54.6 Å². The second-order valence-electron chi connectivity index (χ2n) is 4.98. The van der Waals surface area contributed by atoms with E-state index in [2.05, 4.69) is 6.07 Å². The van der Waals surface area contributed by atoms with Crippen molar-refractivity contribution in [2.75, 3.05) is 0 Å². The fourth-order valence-corrected chi connectivity index (χ4v) is 2.47. The van der Waals surface area contributed by atoms with Crippen molar-refractivity contribution in [1.82, 2.24) is 0 Å². The van der Waals surface area contributed by atoms with E-state index in [4.69, 9.17) is 0 Å². The number of benzene rings is 3. The average Bonchev–Trinajstić information content (AvgIpc) is 2.62. The Hall–Kier alpha value is -3.18. The summed E-state index contributed by atoms with van der Waals surface area (Å²) in [5.41, 5.74) is 5.05. The lowest BCUT2D eigenvalue weighted by atomic mass is 9.95. The van der Waals surface area contributed by atoms with Crippen LogP contribution in [0.5, 0.6) is 0 Å². The maximum absolute atomic E-state index is 11.0. The van der Waals surface area contributed by atoms with E-state index < -0.39 is 0 Å². The van der Waals surface area contributed by atoms with E-state index in [-0.39, 0.29) is 0 Å². The Kier molecular flexibility index (Phi) is 3.80. The van der Waals surface area contributed by atoms with Crippen LogP contribution < -0.4 is 0 Å². The van der Waals surface area contributed by atoms with Crippen LogP contribution >= 0.6 is 0 Å². The van der Waals surface area contributed by atoms with Crippen LogP contribution in [0.3, 0.4) is 0 Å². The normalized spacial score (nSPS) is 9.95. The van der Waals surface area contributed by atoms with E-state index in [1.54, 1.807) is 18.2 Å². The van der Waals surface area contributed by atoms with Crippen molar-refractivity contribution in [3.63, 3.8) is 0 Å². The third-order valence-corrected chi connectivity index (χ3v) is 3.58. The van der Waals surface area contributed by atoms with Gasteiger partial charge in [-0.15, -0.1) is 0 Å². The molecule has 0 fully saturated rings. The van der Waals surface area contributed by atoms with Crippen molar-refractivity contribution in [2.45, 2.75) is 0 Å². The van der Waals surface area contributed by atoms with Crippen molar-refractivity contribution in [1.29, 1.82) is 5.26 Å². The summed E-state index contributed by atoms with van der Waals surface area (Å²) < 4.78 is 0. The highest BCUT2D eigenvalue weighted by molar-refractivity contribution is 5.83. The van der Waals surface area contributed by atoms with Gasteiger partial charge in [-0.3, -0.25) is 4.79 Å². The molecule has 0 aliphatic rings. The molecular formula is C20H13NO. The van der Waals surface area contributed by atoms with Crippen LogP contribution in [0.1, 0.15) is 15.9 Å². The molecule has 0 saturated heterocycles. The Morgan fingerprint density at radius 3 is 2.23 bits per heavy atom. The SMILES string of the molecule is N#Cc1ccc(C=O)cc1-c1cccc(-c2ccccc2)c1. The minimum absolute atomic E-state index is 0.566. The molecule has 0 heterocycles. The number of hydrogen-bond donors (Lipinski definition) is 0. The molecule has 0 amide bonds. The highest BCUT2D eigenvalue weighted by Crippen LogP contribution is 2.29. The Labute approximate surface area is 129 Å². The standard InChI is InChI=1S/C20H13NO/c21-13-19-10-9-15(14-22)11-20(19)18-8-4-7-17(12-18)16-5-2-1-3-6-16/h1-12,14H. The molecule has 3 rings (SSSR count). The van der Waals surface area contributed by atoms with Gasteiger partial charge in [0.25, 0.3) is 0 Å².